The third kappa shape index (κ3) is 7.75. The van der Waals surface area contributed by atoms with Crippen molar-refractivity contribution in [2.45, 2.75) is 104 Å². The van der Waals surface area contributed by atoms with E-state index in [0.717, 1.165) is 44.3 Å². The summed E-state index contributed by atoms with van der Waals surface area (Å²) >= 11 is 0. The van der Waals surface area contributed by atoms with Gasteiger partial charge in [0.25, 0.3) is 5.56 Å². The topological polar surface area (TPSA) is 60.7 Å². The number of pyridine rings is 1. The highest BCUT2D eigenvalue weighted by atomic mass is 16.5. The molecule has 5 nitrogen and oxygen atoms in total. The molecule has 0 unspecified atom stereocenters. The third-order valence-electron chi connectivity index (χ3n) is 5.92. The number of unbranched alkanes of at least 4 members (excludes halogenated alkanes) is 9. The molecule has 0 atom stereocenters. The van der Waals surface area contributed by atoms with E-state index in [4.69, 9.17) is 9.47 Å². The van der Waals surface area contributed by atoms with Gasteiger partial charge in [-0.25, -0.2) is 0 Å². The zero-order valence-corrected chi connectivity index (χ0v) is 20.5. The summed E-state index contributed by atoms with van der Waals surface area (Å²) in [7, 11) is 0. The Morgan fingerprint density at radius 3 is 2.06 bits per heavy atom. The molecule has 0 radical (unpaired) electrons. The van der Waals surface area contributed by atoms with Gasteiger partial charge in [-0.15, -0.1) is 0 Å². The number of ether oxygens (including phenoxy) is 2. The molecule has 180 valence electrons. The van der Waals surface area contributed by atoms with Crippen LogP contribution in [0, 0.1) is 0 Å². The van der Waals surface area contributed by atoms with Gasteiger partial charge in [0.2, 0.25) is 5.75 Å². The number of nitrogens with zero attached hydrogens (tertiary/aromatic N) is 1. The van der Waals surface area contributed by atoms with Crippen LogP contribution in [-0.2, 0) is 6.54 Å². The molecular formula is C27H43NO4. The average Bonchev–Trinajstić information content (AvgIpc) is 2.80. The first-order chi connectivity index (χ1) is 15.6. The summed E-state index contributed by atoms with van der Waals surface area (Å²) < 4.78 is 13.5. The van der Waals surface area contributed by atoms with E-state index in [2.05, 4.69) is 20.8 Å². The highest BCUT2D eigenvalue weighted by Crippen LogP contribution is 2.33. The van der Waals surface area contributed by atoms with E-state index in [0.29, 0.717) is 30.7 Å². The van der Waals surface area contributed by atoms with Crippen LogP contribution in [0.4, 0.5) is 0 Å². The largest absolute Gasteiger partial charge is 0.504 e. The van der Waals surface area contributed by atoms with Crippen molar-refractivity contribution in [1.82, 2.24) is 4.57 Å². The third-order valence-corrected chi connectivity index (χ3v) is 5.92. The lowest BCUT2D eigenvalue weighted by molar-refractivity contribution is 0.283. The summed E-state index contributed by atoms with van der Waals surface area (Å²) in [5.41, 5.74) is 0.452. The highest BCUT2D eigenvalue weighted by Gasteiger charge is 2.18. The Labute approximate surface area is 193 Å². The van der Waals surface area contributed by atoms with Gasteiger partial charge in [-0.05, 0) is 31.4 Å². The van der Waals surface area contributed by atoms with Crippen LogP contribution in [0.1, 0.15) is 97.8 Å². The first kappa shape index (κ1) is 26.1. The number of aromatic nitrogens is 1. The van der Waals surface area contributed by atoms with Crippen LogP contribution in [0.5, 0.6) is 17.2 Å². The molecule has 5 heteroatoms. The maximum absolute atomic E-state index is 13.2. The molecule has 0 saturated carbocycles. The van der Waals surface area contributed by atoms with Crippen LogP contribution < -0.4 is 15.0 Å². The number of rotatable bonds is 17. The second kappa shape index (κ2) is 14.8. The Kier molecular flexibility index (Phi) is 12.1. The van der Waals surface area contributed by atoms with Gasteiger partial charge in [0.15, 0.2) is 5.75 Å². The summed E-state index contributed by atoms with van der Waals surface area (Å²) in [4.78, 5) is 13.2. The molecule has 1 heterocycles. The molecular weight excluding hydrogens is 402 g/mol. The smallest absolute Gasteiger partial charge is 0.297 e. The van der Waals surface area contributed by atoms with E-state index in [9.17, 15) is 9.90 Å². The quantitative estimate of drug-likeness (QED) is 0.261. The SMILES string of the molecule is CCCCCCCCOc1c(O)c2ccc(OCCCCCC)cc2n(CCCC)c1=O. The van der Waals surface area contributed by atoms with Crippen molar-refractivity contribution in [2.24, 2.45) is 0 Å². The van der Waals surface area contributed by atoms with E-state index in [1.807, 2.05) is 18.2 Å². The molecule has 0 saturated heterocycles. The Hall–Kier alpha value is -2.17. The maximum atomic E-state index is 13.2. The second-order valence-corrected chi connectivity index (χ2v) is 8.69. The van der Waals surface area contributed by atoms with Crippen LogP contribution in [0.2, 0.25) is 0 Å². The minimum atomic E-state index is -0.255. The van der Waals surface area contributed by atoms with E-state index in [-0.39, 0.29) is 17.1 Å². The standard InChI is InChI=1S/C27H43NO4/c1-4-7-10-12-13-15-20-32-26-25(29)23-17-16-22(31-19-14-11-8-5-2)21-24(23)28(27(26)30)18-9-6-3/h16-17,21,29H,4-15,18-20H2,1-3H3. The monoisotopic (exact) mass is 445 g/mol. The minimum absolute atomic E-state index is 0.0572. The molecule has 2 rings (SSSR count). The number of aryl methyl sites for hydroxylation is 1. The molecule has 2 aromatic rings. The van der Waals surface area contributed by atoms with Crippen LogP contribution >= 0.6 is 0 Å². The molecule has 0 fully saturated rings. The van der Waals surface area contributed by atoms with Crippen molar-refractivity contribution >= 4 is 10.9 Å². The van der Waals surface area contributed by atoms with Gasteiger partial charge in [-0.3, -0.25) is 4.79 Å². The average molecular weight is 446 g/mol. The zero-order valence-electron chi connectivity index (χ0n) is 20.5. The fourth-order valence-corrected chi connectivity index (χ4v) is 3.92. The molecule has 32 heavy (non-hydrogen) atoms. The highest BCUT2D eigenvalue weighted by molar-refractivity contribution is 5.88. The summed E-state index contributed by atoms with van der Waals surface area (Å²) in [5.74, 6) is 0.757. The Bertz CT molecular complexity index is 859. The Morgan fingerprint density at radius 2 is 1.38 bits per heavy atom. The van der Waals surface area contributed by atoms with Gasteiger partial charge in [-0.1, -0.05) is 78.6 Å². The normalized spacial score (nSPS) is 11.2. The summed E-state index contributed by atoms with van der Waals surface area (Å²) in [6, 6.07) is 5.59. The molecule has 0 spiro atoms. The van der Waals surface area contributed by atoms with Crippen molar-refractivity contribution in [3.05, 3.63) is 28.6 Å². The second-order valence-electron chi connectivity index (χ2n) is 8.69. The van der Waals surface area contributed by atoms with Gasteiger partial charge in [0.05, 0.1) is 18.7 Å². The van der Waals surface area contributed by atoms with Gasteiger partial charge in [0.1, 0.15) is 5.75 Å². The predicted octanol–water partition coefficient (Wildman–Crippen LogP) is 7.21. The summed E-state index contributed by atoms with van der Waals surface area (Å²) in [6.07, 6.45) is 13.3. The van der Waals surface area contributed by atoms with Gasteiger partial charge in [-0.2, -0.15) is 0 Å². The Balaban J connectivity index is 2.17. The fraction of sp³-hybridized carbons (Fsp3) is 0.667. The van der Waals surface area contributed by atoms with E-state index < -0.39 is 0 Å². The number of fused-ring (bicyclic) bond motifs is 1. The van der Waals surface area contributed by atoms with Crippen LogP contribution in [0.15, 0.2) is 23.0 Å². The zero-order chi connectivity index (χ0) is 23.2. The molecule has 1 aromatic carbocycles. The number of hydrogen-bond donors (Lipinski definition) is 1. The number of hydrogen-bond acceptors (Lipinski definition) is 4. The lowest BCUT2D eigenvalue weighted by atomic mass is 10.1. The summed E-state index contributed by atoms with van der Waals surface area (Å²) in [5, 5.41) is 11.5. The molecule has 0 aliphatic carbocycles. The maximum Gasteiger partial charge on any atom is 0.297 e. The molecule has 0 aliphatic heterocycles. The summed E-state index contributed by atoms with van der Waals surface area (Å²) in [6.45, 7) is 8.22. The van der Waals surface area contributed by atoms with E-state index in [1.54, 1.807) is 4.57 Å². The van der Waals surface area contributed by atoms with E-state index >= 15 is 0 Å². The van der Waals surface area contributed by atoms with Crippen molar-refractivity contribution in [3.63, 3.8) is 0 Å². The lowest BCUT2D eigenvalue weighted by Gasteiger charge is -2.16. The molecule has 0 aliphatic rings. The molecule has 0 bridgehead atoms. The number of aromatic hydroxyl groups is 1. The number of benzene rings is 1. The van der Waals surface area contributed by atoms with Crippen molar-refractivity contribution < 1.29 is 14.6 Å². The van der Waals surface area contributed by atoms with Gasteiger partial charge < -0.3 is 19.1 Å². The van der Waals surface area contributed by atoms with Crippen LogP contribution in [-0.4, -0.2) is 22.9 Å². The van der Waals surface area contributed by atoms with Crippen molar-refractivity contribution in [1.29, 1.82) is 0 Å². The first-order valence-corrected chi connectivity index (χ1v) is 12.8. The molecule has 1 aromatic heterocycles. The van der Waals surface area contributed by atoms with Crippen molar-refractivity contribution in [3.8, 4) is 17.2 Å². The van der Waals surface area contributed by atoms with Gasteiger partial charge >= 0.3 is 0 Å². The molecule has 1 N–H and O–H groups in total. The fourth-order valence-electron chi connectivity index (χ4n) is 3.92. The van der Waals surface area contributed by atoms with Crippen LogP contribution in [0.3, 0.4) is 0 Å². The predicted molar refractivity (Wildman–Crippen MR) is 133 cm³/mol. The minimum Gasteiger partial charge on any atom is -0.504 e. The lowest BCUT2D eigenvalue weighted by Crippen LogP contribution is -2.23. The Morgan fingerprint density at radius 1 is 0.781 bits per heavy atom. The van der Waals surface area contributed by atoms with E-state index in [1.165, 1.54) is 38.5 Å². The first-order valence-electron chi connectivity index (χ1n) is 12.8. The van der Waals surface area contributed by atoms with Gasteiger partial charge in [0, 0.05) is 18.0 Å². The molecule has 0 amide bonds. The van der Waals surface area contributed by atoms with Crippen LogP contribution in [0.25, 0.3) is 10.9 Å². The van der Waals surface area contributed by atoms with Crippen molar-refractivity contribution in [2.75, 3.05) is 13.2 Å².